The first-order chi connectivity index (χ1) is 9.13. The van der Waals surface area contributed by atoms with Gasteiger partial charge in [0.2, 0.25) is 0 Å². The van der Waals surface area contributed by atoms with Gasteiger partial charge in [0.15, 0.2) is 0 Å². The zero-order chi connectivity index (χ0) is 13.7. The molecule has 2 aromatic heterocycles. The second-order valence-corrected chi connectivity index (χ2v) is 5.08. The van der Waals surface area contributed by atoms with Crippen LogP contribution in [-0.4, -0.2) is 16.6 Å². The van der Waals surface area contributed by atoms with Crippen LogP contribution in [-0.2, 0) is 12.0 Å². The molecule has 4 nitrogen and oxygen atoms in total. The lowest BCUT2D eigenvalue weighted by Crippen LogP contribution is -2.27. The predicted octanol–water partition coefficient (Wildman–Crippen LogP) is 2.29. The number of nitrogens with zero attached hydrogens (tertiary/aromatic N) is 2. The second kappa shape index (κ2) is 5.80. The Labute approximate surface area is 113 Å². The van der Waals surface area contributed by atoms with Crippen molar-refractivity contribution < 1.29 is 4.74 Å². The number of hydrogen-bond donors (Lipinski definition) is 1. The summed E-state index contributed by atoms with van der Waals surface area (Å²) in [5.41, 5.74) is 7.49. The van der Waals surface area contributed by atoms with Gasteiger partial charge in [-0.2, -0.15) is 0 Å². The zero-order valence-corrected chi connectivity index (χ0v) is 11.3. The largest absolute Gasteiger partial charge is 0.491 e. The minimum absolute atomic E-state index is 0.164. The van der Waals surface area contributed by atoms with Crippen molar-refractivity contribution in [2.45, 2.75) is 25.8 Å². The highest BCUT2D eigenvalue weighted by Gasteiger charge is 2.23. The molecule has 0 amide bonds. The number of ether oxygens (including phenoxy) is 1. The molecule has 4 heteroatoms. The second-order valence-electron chi connectivity index (χ2n) is 5.08. The van der Waals surface area contributed by atoms with E-state index in [0.29, 0.717) is 13.2 Å². The van der Waals surface area contributed by atoms with E-state index in [9.17, 15) is 0 Å². The lowest BCUT2D eigenvalue weighted by atomic mass is 9.90. The summed E-state index contributed by atoms with van der Waals surface area (Å²) < 4.78 is 5.86. The van der Waals surface area contributed by atoms with E-state index in [0.717, 1.165) is 17.0 Å². The van der Waals surface area contributed by atoms with Crippen molar-refractivity contribution >= 4 is 0 Å². The van der Waals surface area contributed by atoms with E-state index in [1.54, 1.807) is 18.6 Å². The van der Waals surface area contributed by atoms with Crippen molar-refractivity contribution in [2.24, 2.45) is 5.73 Å². The molecule has 0 spiro atoms. The molecule has 0 unspecified atom stereocenters. The van der Waals surface area contributed by atoms with Crippen molar-refractivity contribution in [2.75, 3.05) is 6.61 Å². The van der Waals surface area contributed by atoms with Gasteiger partial charge in [-0.1, -0.05) is 19.9 Å². The standard InChI is InChI=1S/C15H19N3O/c1-15(2,14-5-3-4-7-18-14)11-19-13-10-17-8-6-12(13)9-16/h3-8,10H,9,11,16H2,1-2H3. The summed E-state index contributed by atoms with van der Waals surface area (Å²) in [4.78, 5) is 8.46. The van der Waals surface area contributed by atoms with Gasteiger partial charge in [-0.05, 0) is 18.2 Å². The molecule has 0 aromatic carbocycles. The molecule has 0 aliphatic heterocycles. The Bertz CT molecular complexity index is 526. The maximum Gasteiger partial charge on any atom is 0.142 e. The molecule has 2 rings (SSSR count). The minimum Gasteiger partial charge on any atom is -0.491 e. The summed E-state index contributed by atoms with van der Waals surface area (Å²) in [5, 5.41) is 0. The normalized spacial score (nSPS) is 11.3. The molecule has 2 heterocycles. The van der Waals surface area contributed by atoms with Gasteiger partial charge in [-0.3, -0.25) is 9.97 Å². The van der Waals surface area contributed by atoms with Crippen molar-refractivity contribution in [3.63, 3.8) is 0 Å². The zero-order valence-electron chi connectivity index (χ0n) is 11.3. The summed E-state index contributed by atoms with van der Waals surface area (Å²) >= 11 is 0. The van der Waals surface area contributed by atoms with E-state index in [-0.39, 0.29) is 5.41 Å². The van der Waals surface area contributed by atoms with Gasteiger partial charge in [-0.15, -0.1) is 0 Å². The average molecular weight is 257 g/mol. The fourth-order valence-corrected chi connectivity index (χ4v) is 1.80. The molecule has 0 saturated heterocycles. The van der Waals surface area contributed by atoms with E-state index in [1.807, 2.05) is 24.3 Å². The van der Waals surface area contributed by atoms with Crippen LogP contribution in [0.4, 0.5) is 0 Å². The summed E-state index contributed by atoms with van der Waals surface area (Å²) in [5.74, 6) is 0.744. The molecule has 0 aliphatic rings. The lowest BCUT2D eigenvalue weighted by molar-refractivity contribution is 0.234. The third-order valence-electron chi connectivity index (χ3n) is 3.04. The van der Waals surface area contributed by atoms with Crippen LogP contribution in [0.3, 0.4) is 0 Å². The fourth-order valence-electron chi connectivity index (χ4n) is 1.80. The highest BCUT2D eigenvalue weighted by Crippen LogP contribution is 2.24. The van der Waals surface area contributed by atoms with Crippen LogP contribution in [0.5, 0.6) is 5.75 Å². The number of pyridine rings is 2. The van der Waals surface area contributed by atoms with E-state index < -0.39 is 0 Å². The van der Waals surface area contributed by atoms with Crippen LogP contribution in [0.2, 0.25) is 0 Å². The topological polar surface area (TPSA) is 61.0 Å². The highest BCUT2D eigenvalue weighted by atomic mass is 16.5. The molecule has 0 atom stereocenters. The average Bonchev–Trinajstić information content (AvgIpc) is 2.46. The van der Waals surface area contributed by atoms with Crippen LogP contribution >= 0.6 is 0 Å². The first kappa shape index (κ1) is 13.5. The molecule has 0 saturated carbocycles. The molecule has 0 radical (unpaired) electrons. The predicted molar refractivity (Wildman–Crippen MR) is 74.9 cm³/mol. The fraction of sp³-hybridized carbons (Fsp3) is 0.333. The van der Waals surface area contributed by atoms with Gasteiger partial charge in [0.1, 0.15) is 5.75 Å². The Morgan fingerprint density at radius 2 is 2.05 bits per heavy atom. The van der Waals surface area contributed by atoms with E-state index in [2.05, 4.69) is 23.8 Å². The molecule has 100 valence electrons. The third kappa shape index (κ3) is 3.29. The molecular weight excluding hydrogens is 238 g/mol. The van der Waals surface area contributed by atoms with Crippen molar-refractivity contribution in [3.05, 3.63) is 54.1 Å². The first-order valence-electron chi connectivity index (χ1n) is 6.31. The summed E-state index contributed by atoms with van der Waals surface area (Å²) in [6.45, 7) is 5.19. The Kier molecular flexibility index (Phi) is 4.12. The molecule has 0 aliphatic carbocycles. The van der Waals surface area contributed by atoms with E-state index >= 15 is 0 Å². The van der Waals surface area contributed by atoms with Crippen LogP contribution in [0.15, 0.2) is 42.9 Å². The van der Waals surface area contributed by atoms with Crippen LogP contribution in [0, 0.1) is 0 Å². The molecular formula is C15H19N3O. The monoisotopic (exact) mass is 257 g/mol. The highest BCUT2D eigenvalue weighted by molar-refractivity contribution is 5.30. The minimum atomic E-state index is -0.164. The van der Waals surface area contributed by atoms with Crippen molar-refractivity contribution in [1.82, 2.24) is 9.97 Å². The number of aromatic nitrogens is 2. The van der Waals surface area contributed by atoms with Crippen molar-refractivity contribution in [1.29, 1.82) is 0 Å². The lowest BCUT2D eigenvalue weighted by Gasteiger charge is -2.24. The molecule has 0 fully saturated rings. The van der Waals surface area contributed by atoms with Gasteiger partial charge in [0.05, 0.1) is 12.8 Å². The quantitative estimate of drug-likeness (QED) is 0.892. The maximum atomic E-state index is 5.86. The SMILES string of the molecule is CC(C)(COc1cnccc1CN)c1ccccn1. The van der Waals surface area contributed by atoms with Crippen LogP contribution in [0.25, 0.3) is 0 Å². The summed E-state index contributed by atoms with van der Waals surface area (Å²) in [7, 11) is 0. The van der Waals surface area contributed by atoms with Crippen LogP contribution < -0.4 is 10.5 Å². The summed E-state index contributed by atoms with van der Waals surface area (Å²) in [6.07, 6.45) is 5.22. The smallest absolute Gasteiger partial charge is 0.142 e. The van der Waals surface area contributed by atoms with Gasteiger partial charge in [0.25, 0.3) is 0 Å². The van der Waals surface area contributed by atoms with Gasteiger partial charge in [0, 0.05) is 35.6 Å². The number of nitrogens with two attached hydrogens (primary N) is 1. The van der Waals surface area contributed by atoms with Crippen molar-refractivity contribution in [3.8, 4) is 5.75 Å². The van der Waals surface area contributed by atoms with Gasteiger partial charge >= 0.3 is 0 Å². The molecule has 0 bridgehead atoms. The number of hydrogen-bond acceptors (Lipinski definition) is 4. The molecule has 2 aromatic rings. The van der Waals surface area contributed by atoms with E-state index in [4.69, 9.17) is 10.5 Å². The summed E-state index contributed by atoms with van der Waals surface area (Å²) in [6, 6.07) is 7.78. The first-order valence-corrected chi connectivity index (χ1v) is 6.31. The molecule has 2 N–H and O–H groups in total. The molecule has 19 heavy (non-hydrogen) atoms. The van der Waals surface area contributed by atoms with Gasteiger partial charge < -0.3 is 10.5 Å². The Morgan fingerprint density at radius 3 is 2.74 bits per heavy atom. The Hall–Kier alpha value is -1.94. The van der Waals surface area contributed by atoms with Gasteiger partial charge in [-0.25, -0.2) is 0 Å². The Morgan fingerprint density at radius 1 is 1.21 bits per heavy atom. The van der Waals surface area contributed by atoms with E-state index in [1.165, 1.54) is 0 Å². The third-order valence-corrected chi connectivity index (χ3v) is 3.04. The number of rotatable bonds is 5. The van der Waals surface area contributed by atoms with Crippen LogP contribution in [0.1, 0.15) is 25.1 Å². The Balaban J connectivity index is 2.10. The maximum absolute atomic E-state index is 5.86.